The van der Waals surface area contributed by atoms with E-state index < -0.39 is 0 Å². The fraction of sp³-hybridized carbons (Fsp3) is 0.444. The molecular formula is C18H23N3O3S. The number of thiazole rings is 1. The number of aromatic nitrogens is 1. The van der Waals surface area contributed by atoms with Crippen molar-refractivity contribution in [3.05, 3.63) is 40.4 Å². The number of fused-ring (bicyclic) bond motifs is 1. The minimum absolute atomic E-state index is 0.0697. The standard InChI is InChI=1S/C18H23N3O3S/c22-11-13(9-12-5-7-14(23)8-6-12)19-10-17(24)21-18-20-15-3-1-2-4-16(15)25-18/h5-8,13,19,22-23H,1-4,9-11H2,(H,20,21,24)/t13-/m0/s1. The van der Waals surface area contributed by atoms with E-state index in [1.807, 2.05) is 0 Å². The molecule has 1 atom stereocenters. The Morgan fingerprint density at radius 2 is 2.00 bits per heavy atom. The van der Waals surface area contributed by atoms with Crippen molar-refractivity contribution in [3.8, 4) is 5.75 Å². The summed E-state index contributed by atoms with van der Waals surface area (Å²) in [5.74, 6) is 0.0537. The zero-order valence-electron chi connectivity index (χ0n) is 14.0. The van der Waals surface area contributed by atoms with E-state index in [2.05, 4.69) is 15.6 Å². The van der Waals surface area contributed by atoms with E-state index >= 15 is 0 Å². The van der Waals surface area contributed by atoms with Crippen molar-refractivity contribution in [3.63, 3.8) is 0 Å². The quantitative estimate of drug-likeness (QED) is 0.604. The Hall–Kier alpha value is -1.96. The Labute approximate surface area is 150 Å². The van der Waals surface area contributed by atoms with Gasteiger partial charge in [-0.15, -0.1) is 11.3 Å². The van der Waals surface area contributed by atoms with Crippen LogP contribution in [0, 0.1) is 0 Å². The number of hydrogen-bond donors (Lipinski definition) is 4. The summed E-state index contributed by atoms with van der Waals surface area (Å²) in [6.07, 6.45) is 5.00. The van der Waals surface area contributed by atoms with E-state index in [0.717, 1.165) is 24.1 Å². The van der Waals surface area contributed by atoms with Crippen LogP contribution in [-0.4, -0.2) is 40.3 Å². The summed E-state index contributed by atoms with van der Waals surface area (Å²) in [6, 6.07) is 6.61. The van der Waals surface area contributed by atoms with Crippen LogP contribution >= 0.6 is 11.3 Å². The third kappa shape index (κ3) is 5.01. The third-order valence-electron chi connectivity index (χ3n) is 4.28. The van der Waals surface area contributed by atoms with Crippen LogP contribution in [0.5, 0.6) is 5.75 Å². The molecular weight excluding hydrogens is 338 g/mol. The minimum atomic E-state index is -0.222. The number of aliphatic hydroxyl groups is 1. The molecule has 134 valence electrons. The lowest BCUT2D eigenvalue weighted by atomic mass is 10.0. The number of nitrogens with zero attached hydrogens (tertiary/aromatic N) is 1. The maximum Gasteiger partial charge on any atom is 0.240 e. The molecule has 6 nitrogen and oxygen atoms in total. The van der Waals surface area contributed by atoms with Crippen molar-refractivity contribution in [2.75, 3.05) is 18.5 Å². The summed E-state index contributed by atoms with van der Waals surface area (Å²) < 4.78 is 0. The molecule has 1 heterocycles. The van der Waals surface area contributed by atoms with E-state index in [1.54, 1.807) is 35.6 Å². The third-order valence-corrected chi connectivity index (χ3v) is 5.35. The van der Waals surface area contributed by atoms with Gasteiger partial charge in [-0.3, -0.25) is 4.79 Å². The highest BCUT2D eigenvalue weighted by Gasteiger charge is 2.17. The number of aliphatic hydroxyl groups excluding tert-OH is 1. The number of hydrogen-bond acceptors (Lipinski definition) is 6. The van der Waals surface area contributed by atoms with Crippen LogP contribution in [0.1, 0.15) is 29.0 Å². The second-order valence-electron chi connectivity index (χ2n) is 6.28. The lowest BCUT2D eigenvalue weighted by Crippen LogP contribution is -2.39. The van der Waals surface area contributed by atoms with Crippen molar-refractivity contribution >= 4 is 22.4 Å². The smallest absolute Gasteiger partial charge is 0.240 e. The molecule has 4 N–H and O–H groups in total. The molecule has 1 aliphatic rings. The summed E-state index contributed by atoms with van der Waals surface area (Å²) in [4.78, 5) is 17.9. The van der Waals surface area contributed by atoms with Crippen LogP contribution in [0.3, 0.4) is 0 Å². The Morgan fingerprint density at radius 1 is 1.24 bits per heavy atom. The maximum absolute atomic E-state index is 12.1. The number of aromatic hydroxyl groups is 1. The average Bonchev–Trinajstić information content (AvgIpc) is 3.02. The number of carbonyl (C=O) groups is 1. The first-order chi connectivity index (χ1) is 12.1. The Kier molecular flexibility index (Phi) is 6.01. The van der Waals surface area contributed by atoms with Gasteiger partial charge in [-0.05, 0) is 49.8 Å². The first-order valence-corrected chi connectivity index (χ1v) is 9.36. The Bertz CT molecular complexity index is 691. The van der Waals surface area contributed by atoms with Crippen LogP contribution in [0.4, 0.5) is 5.13 Å². The molecule has 0 saturated heterocycles. The first kappa shape index (κ1) is 17.8. The average molecular weight is 361 g/mol. The molecule has 0 unspecified atom stereocenters. The van der Waals surface area contributed by atoms with Gasteiger partial charge in [0.15, 0.2) is 5.13 Å². The van der Waals surface area contributed by atoms with Gasteiger partial charge in [-0.1, -0.05) is 12.1 Å². The highest BCUT2D eigenvalue weighted by molar-refractivity contribution is 7.15. The van der Waals surface area contributed by atoms with Crippen LogP contribution in [0.15, 0.2) is 24.3 Å². The number of benzene rings is 1. The van der Waals surface area contributed by atoms with Crippen molar-refractivity contribution in [2.24, 2.45) is 0 Å². The monoisotopic (exact) mass is 361 g/mol. The van der Waals surface area contributed by atoms with Crippen LogP contribution in [-0.2, 0) is 24.1 Å². The van der Waals surface area contributed by atoms with Gasteiger partial charge in [0.25, 0.3) is 0 Å². The Morgan fingerprint density at radius 3 is 2.72 bits per heavy atom. The second kappa shape index (κ2) is 8.42. The first-order valence-electron chi connectivity index (χ1n) is 8.54. The predicted octanol–water partition coefficient (Wildman–Crippen LogP) is 1.86. The summed E-state index contributed by atoms with van der Waals surface area (Å²) in [6.45, 7) is 0.0489. The molecule has 1 aromatic carbocycles. The summed E-state index contributed by atoms with van der Waals surface area (Å²) in [5, 5.41) is 25.4. The molecule has 0 fully saturated rings. The fourth-order valence-corrected chi connectivity index (χ4v) is 3.99. The predicted molar refractivity (Wildman–Crippen MR) is 98.1 cm³/mol. The lowest BCUT2D eigenvalue weighted by molar-refractivity contribution is -0.115. The van der Waals surface area contributed by atoms with E-state index in [0.29, 0.717) is 11.6 Å². The fourth-order valence-electron chi connectivity index (χ4n) is 2.92. The van der Waals surface area contributed by atoms with Gasteiger partial charge in [-0.25, -0.2) is 4.98 Å². The van der Waals surface area contributed by atoms with E-state index in [4.69, 9.17) is 0 Å². The number of anilines is 1. The highest BCUT2D eigenvalue weighted by Crippen LogP contribution is 2.29. The maximum atomic E-state index is 12.1. The Balaban J connectivity index is 1.48. The largest absolute Gasteiger partial charge is 0.508 e. The molecule has 25 heavy (non-hydrogen) atoms. The highest BCUT2D eigenvalue weighted by atomic mass is 32.1. The van der Waals surface area contributed by atoms with Crippen LogP contribution in [0.2, 0.25) is 0 Å². The molecule has 0 spiro atoms. The molecule has 2 aromatic rings. The van der Waals surface area contributed by atoms with Crippen molar-refractivity contribution < 1.29 is 15.0 Å². The molecule has 0 aliphatic heterocycles. The van der Waals surface area contributed by atoms with Gasteiger partial charge in [0.05, 0.1) is 18.8 Å². The zero-order valence-corrected chi connectivity index (χ0v) is 14.8. The van der Waals surface area contributed by atoms with Crippen molar-refractivity contribution in [2.45, 2.75) is 38.1 Å². The molecule has 1 aromatic heterocycles. The number of nitrogens with one attached hydrogen (secondary N) is 2. The zero-order chi connectivity index (χ0) is 17.6. The molecule has 1 aliphatic carbocycles. The molecule has 1 amide bonds. The number of carbonyl (C=O) groups excluding carboxylic acids is 1. The van der Waals surface area contributed by atoms with Gasteiger partial charge < -0.3 is 20.8 Å². The van der Waals surface area contributed by atoms with Crippen LogP contribution in [0.25, 0.3) is 0 Å². The number of phenols is 1. The molecule has 0 saturated carbocycles. The summed E-state index contributed by atoms with van der Waals surface area (Å²) in [7, 11) is 0. The summed E-state index contributed by atoms with van der Waals surface area (Å²) in [5.41, 5.74) is 2.11. The van der Waals surface area contributed by atoms with Gasteiger partial charge in [0.1, 0.15) is 5.75 Å². The van der Waals surface area contributed by atoms with Gasteiger partial charge in [-0.2, -0.15) is 0 Å². The number of rotatable bonds is 7. The van der Waals surface area contributed by atoms with Crippen LogP contribution < -0.4 is 10.6 Å². The van der Waals surface area contributed by atoms with E-state index in [-0.39, 0.29) is 30.9 Å². The topological polar surface area (TPSA) is 94.5 Å². The molecule has 3 rings (SSSR count). The molecule has 0 bridgehead atoms. The molecule has 7 heteroatoms. The van der Waals surface area contributed by atoms with Gasteiger partial charge >= 0.3 is 0 Å². The normalized spacial score (nSPS) is 14.8. The van der Waals surface area contributed by atoms with Crippen molar-refractivity contribution in [1.82, 2.24) is 10.3 Å². The molecule has 0 radical (unpaired) electrons. The lowest BCUT2D eigenvalue weighted by Gasteiger charge is -2.16. The summed E-state index contributed by atoms with van der Waals surface area (Å²) >= 11 is 1.56. The number of amides is 1. The van der Waals surface area contributed by atoms with E-state index in [9.17, 15) is 15.0 Å². The van der Waals surface area contributed by atoms with Gasteiger partial charge in [0.2, 0.25) is 5.91 Å². The van der Waals surface area contributed by atoms with E-state index in [1.165, 1.54) is 17.7 Å². The SMILES string of the molecule is O=C(CN[C@H](CO)Cc1ccc(O)cc1)Nc1nc2c(s1)CCCC2. The number of aryl methyl sites for hydroxylation is 2. The van der Waals surface area contributed by atoms with Crippen molar-refractivity contribution in [1.29, 1.82) is 0 Å². The van der Waals surface area contributed by atoms with Gasteiger partial charge in [0, 0.05) is 10.9 Å². The number of phenolic OH excluding ortho intramolecular Hbond substituents is 1. The minimum Gasteiger partial charge on any atom is -0.508 e. The second-order valence-corrected chi connectivity index (χ2v) is 7.36.